The molecule has 7 nitrogen and oxygen atoms in total. The van der Waals surface area contributed by atoms with Crippen LogP contribution in [0.25, 0.3) is 10.9 Å². The number of thioether (sulfide) groups is 1. The Morgan fingerprint density at radius 1 is 1.39 bits per heavy atom. The van der Waals surface area contributed by atoms with Crippen LogP contribution in [0, 0.1) is 0 Å². The summed E-state index contributed by atoms with van der Waals surface area (Å²) in [6.07, 6.45) is 0. The van der Waals surface area contributed by atoms with Gasteiger partial charge in [0.05, 0.1) is 41.1 Å². The van der Waals surface area contributed by atoms with Crippen molar-refractivity contribution < 1.29 is 17.9 Å². The molecule has 1 aromatic carbocycles. The van der Waals surface area contributed by atoms with E-state index in [1.165, 1.54) is 41.6 Å². The third kappa shape index (κ3) is 2.18. The molecule has 0 saturated carbocycles. The highest BCUT2D eigenvalue weighted by Gasteiger charge is 2.46. The minimum atomic E-state index is -3.11. The molecule has 23 heavy (non-hydrogen) atoms. The fraction of sp³-hybridized carbons (Fsp3) is 0.357. The molecule has 0 radical (unpaired) electrons. The van der Waals surface area contributed by atoms with E-state index in [0.29, 0.717) is 21.6 Å². The molecule has 2 aliphatic heterocycles. The third-order valence-electron chi connectivity index (χ3n) is 4.15. The fourth-order valence-electron chi connectivity index (χ4n) is 3.08. The Hall–Kier alpha value is -1.87. The predicted molar refractivity (Wildman–Crippen MR) is 84.7 cm³/mol. The van der Waals surface area contributed by atoms with Gasteiger partial charge in [-0.1, -0.05) is 11.8 Å². The maximum atomic E-state index is 12.7. The number of carbonyl (C=O) groups is 1. The Morgan fingerprint density at radius 3 is 2.91 bits per heavy atom. The van der Waals surface area contributed by atoms with Gasteiger partial charge in [0.1, 0.15) is 0 Å². The molecule has 1 aromatic heterocycles. The van der Waals surface area contributed by atoms with Crippen molar-refractivity contribution in [1.29, 1.82) is 0 Å². The third-order valence-corrected chi connectivity index (χ3v) is 7.36. The van der Waals surface area contributed by atoms with Crippen LogP contribution in [0.4, 0.5) is 0 Å². The highest BCUT2D eigenvalue weighted by molar-refractivity contribution is 8.02. The van der Waals surface area contributed by atoms with Crippen LogP contribution < -0.4 is 5.56 Å². The van der Waals surface area contributed by atoms with Gasteiger partial charge < -0.3 is 4.74 Å². The van der Waals surface area contributed by atoms with Crippen LogP contribution in [0.1, 0.15) is 16.4 Å². The van der Waals surface area contributed by atoms with Gasteiger partial charge in [-0.2, -0.15) is 0 Å². The number of ether oxygens (including phenoxy) is 1. The molecule has 9 heteroatoms. The lowest BCUT2D eigenvalue weighted by molar-refractivity contribution is 0.0601. The molecule has 2 aliphatic rings. The summed E-state index contributed by atoms with van der Waals surface area (Å²) in [7, 11) is -1.82. The second-order valence-corrected chi connectivity index (χ2v) is 8.95. The van der Waals surface area contributed by atoms with Gasteiger partial charge in [0.15, 0.2) is 15.0 Å². The highest BCUT2D eigenvalue weighted by atomic mass is 32.2. The van der Waals surface area contributed by atoms with Crippen LogP contribution in [0.5, 0.6) is 0 Å². The van der Waals surface area contributed by atoms with Crippen molar-refractivity contribution >= 4 is 38.5 Å². The molecular formula is C14H12N2O5S2. The standard InChI is InChI=1S/C14H12N2O5S2/c1-21-13(18)7-2-3-8-9(4-7)15-14-16(12(8)17)10-5-23(19,20)6-11(10)22-14/h2-4,10-11H,5-6H2,1H3. The van der Waals surface area contributed by atoms with Gasteiger partial charge in [0, 0.05) is 5.25 Å². The lowest BCUT2D eigenvalue weighted by atomic mass is 10.1. The summed E-state index contributed by atoms with van der Waals surface area (Å²) in [5.74, 6) is -0.454. The van der Waals surface area contributed by atoms with Gasteiger partial charge >= 0.3 is 5.97 Å². The summed E-state index contributed by atoms with van der Waals surface area (Å²) < 4.78 is 29.7. The number of esters is 1. The van der Waals surface area contributed by atoms with E-state index in [4.69, 9.17) is 0 Å². The van der Waals surface area contributed by atoms with Crippen LogP contribution >= 0.6 is 11.8 Å². The molecule has 0 bridgehead atoms. The second-order valence-electron chi connectivity index (χ2n) is 5.59. The topological polar surface area (TPSA) is 95.3 Å². The Labute approximate surface area is 135 Å². The van der Waals surface area contributed by atoms with Gasteiger partial charge in [-0.05, 0) is 18.2 Å². The van der Waals surface area contributed by atoms with Gasteiger partial charge in [0.25, 0.3) is 5.56 Å². The van der Waals surface area contributed by atoms with E-state index >= 15 is 0 Å². The average Bonchev–Trinajstić information content (AvgIpc) is 2.97. The van der Waals surface area contributed by atoms with E-state index in [0.717, 1.165) is 0 Å². The predicted octanol–water partition coefficient (Wildman–Crippen LogP) is 0.627. The maximum absolute atomic E-state index is 12.7. The summed E-state index contributed by atoms with van der Waals surface area (Å²) in [5.41, 5.74) is 0.473. The zero-order chi connectivity index (χ0) is 16.4. The van der Waals surface area contributed by atoms with E-state index in [-0.39, 0.29) is 28.4 Å². The van der Waals surface area contributed by atoms with Gasteiger partial charge in [-0.25, -0.2) is 18.2 Å². The van der Waals surface area contributed by atoms with Crippen LogP contribution in [0.2, 0.25) is 0 Å². The van der Waals surface area contributed by atoms with Gasteiger partial charge in [-0.3, -0.25) is 9.36 Å². The van der Waals surface area contributed by atoms with Crippen LogP contribution in [-0.2, 0) is 14.6 Å². The number of fused-ring (bicyclic) bond motifs is 4. The number of rotatable bonds is 1. The molecule has 2 atom stereocenters. The van der Waals surface area contributed by atoms with Crippen molar-refractivity contribution in [2.45, 2.75) is 16.4 Å². The first-order chi connectivity index (χ1) is 10.9. The molecule has 4 rings (SSSR count). The van der Waals surface area contributed by atoms with Crippen molar-refractivity contribution in [3.8, 4) is 0 Å². The molecular weight excluding hydrogens is 340 g/mol. The smallest absolute Gasteiger partial charge is 0.337 e. The van der Waals surface area contributed by atoms with E-state index in [2.05, 4.69) is 9.72 Å². The molecule has 1 fully saturated rings. The van der Waals surface area contributed by atoms with Crippen molar-refractivity contribution in [2.75, 3.05) is 18.6 Å². The molecule has 0 aliphatic carbocycles. The Bertz CT molecular complexity index is 1010. The van der Waals surface area contributed by atoms with E-state index in [1.807, 2.05) is 0 Å². The SMILES string of the molecule is COC(=O)c1ccc2c(=O)n3c(nc2c1)SC1CS(=O)(=O)CC13. The molecule has 120 valence electrons. The number of carbonyl (C=O) groups excluding carboxylic acids is 1. The molecule has 2 unspecified atom stereocenters. The lowest BCUT2D eigenvalue weighted by Gasteiger charge is -2.11. The lowest BCUT2D eigenvalue weighted by Crippen LogP contribution is -2.27. The van der Waals surface area contributed by atoms with E-state index < -0.39 is 15.8 Å². The van der Waals surface area contributed by atoms with Crippen LogP contribution in [0.3, 0.4) is 0 Å². The summed E-state index contributed by atoms with van der Waals surface area (Å²) in [4.78, 5) is 28.8. The number of benzene rings is 1. The summed E-state index contributed by atoms with van der Waals surface area (Å²) >= 11 is 1.31. The van der Waals surface area contributed by atoms with Gasteiger partial charge in [-0.15, -0.1) is 0 Å². The number of methoxy groups -OCH3 is 1. The Morgan fingerprint density at radius 2 is 2.17 bits per heavy atom. The number of hydrogen-bond acceptors (Lipinski definition) is 7. The normalized spacial score (nSPS) is 24.4. The Balaban J connectivity index is 1.90. The summed E-state index contributed by atoms with van der Waals surface area (Å²) in [6, 6.07) is 4.21. The van der Waals surface area contributed by atoms with Crippen molar-refractivity contribution in [3.05, 3.63) is 34.1 Å². The molecule has 3 heterocycles. The first-order valence-electron chi connectivity index (χ1n) is 6.91. The van der Waals surface area contributed by atoms with Crippen molar-refractivity contribution in [2.24, 2.45) is 0 Å². The van der Waals surface area contributed by atoms with E-state index in [9.17, 15) is 18.0 Å². The monoisotopic (exact) mass is 352 g/mol. The zero-order valence-corrected chi connectivity index (χ0v) is 13.7. The number of aromatic nitrogens is 2. The number of nitrogens with zero attached hydrogens (tertiary/aromatic N) is 2. The number of hydrogen-bond donors (Lipinski definition) is 0. The molecule has 0 amide bonds. The molecule has 0 N–H and O–H groups in total. The molecule has 2 aromatic rings. The van der Waals surface area contributed by atoms with Crippen LogP contribution in [-0.4, -0.2) is 47.8 Å². The first-order valence-corrected chi connectivity index (χ1v) is 9.61. The van der Waals surface area contributed by atoms with Crippen molar-refractivity contribution in [1.82, 2.24) is 9.55 Å². The largest absolute Gasteiger partial charge is 0.465 e. The van der Waals surface area contributed by atoms with E-state index in [1.54, 1.807) is 0 Å². The Kier molecular flexibility index (Phi) is 3.08. The second kappa shape index (κ2) is 4.81. The maximum Gasteiger partial charge on any atom is 0.337 e. The highest BCUT2D eigenvalue weighted by Crippen LogP contribution is 2.43. The quantitative estimate of drug-likeness (QED) is 0.548. The molecule has 0 spiro atoms. The minimum Gasteiger partial charge on any atom is -0.465 e. The number of sulfone groups is 1. The molecule has 1 saturated heterocycles. The first kappa shape index (κ1) is 14.7. The zero-order valence-electron chi connectivity index (χ0n) is 12.1. The fourth-order valence-corrected chi connectivity index (χ4v) is 6.99. The van der Waals surface area contributed by atoms with Crippen LogP contribution in [0.15, 0.2) is 28.2 Å². The summed E-state index contributed by atoms with van der Waals surface area (Å²) in [6.45, 7) is 0. The van der Waals surface area contributed by atoms with Crippen molar-refractivity contribution in [3.63, 3.8) is 0 Å². The average molecular weight is 352 g/mol. The van der Waals surface area contributed by atoms with Gasteiger partial charge in [0.2, 0.25) is 0 Å². The summed E-state index contributed by atoms with van der Waals surface area (Å²) in [5, 5.41) is 0.707. The minimum absolute atomic E-state index is 0.0228.